The standard InChI is InChI=1S/C24H48NO2.BrH/c1-5-8-9-10-11-12-13-14-15-16-17-18-19-20-21-25(4,7-3)22-23-27-24(26)6-2;/h6H,2,5,7-23H2,1,3-4H3;1H/q+1;/p-1. The summed E-state index contributed by atoms with van der Waals surface area (Å²) >= 11 is 0. The first kappa shape index (κ1) is 29.8. The van der Waals surface area contributed by atoms with Crippen molar-refractivity contribution in [3.63, 3.8) is 0 Å². The molecule has 0 aliphatic carbocycles. The van der Waals surface area contributed by atoms with Crippen LogP contribution in [-0.4, -0.2) is 43.7 Å². The molecule has 0 saturated heterocycles. The van der Waals surface area contributed by atoms with Gasteiger partial charge in [0, 0.05) is 6.08 Å². The van der Waals surface area contributed by atoms with Crippen molar-refractivity contribution >= 4 is 5.97 Å². The smallest absolute Gasteiger partial charge is 0.330 e. The minimum Gasteiger partial charge on any atom is -1.00 e. The summed E-state index contributed by atoms with van der Waals surface area (Å²) in [6, 6.07) is 0. The second-order valence-electron chi connectivity index (χ2n) is 8.35. The molecule has 0 radical (unpaired) electrons. The number of unbranched alkanes of at least 4 members (excludes halogenated alkanes) is 13. The van der Waals surface area contributed by atoms with E-state index < -0.39 is 0 Å². The van der Waals surface area contributed by atoms with Crippen molar-refractivity contribution in [2.45, 2.75) is 104 Å². The first-order chi connectivity index (χ1) is 13.1. The maximum Gasteiger partial charge on any atom is 0.330 e. The fraction of sp³-hybridized carbons (Fsp3) is 0.875. The number of esters is 1. The second kappa shape index (κ2) is 21.4. The molecule has 0 amide bonds. The summed E-state index contributed by atoms with van der Waals surface area (Å²) in [5, 5.41) is 0. The molecule has 0 spiro atoms. The highest BCUT2D eigenvalue weighted by Crippen LogP contribution is 2.14. The van der Waals surface area contributed by atoms with E-state index in [9.17, 15) is 4.79 Å². The van der Waals surface area contributed by atoms with Gasteiger partial charge < -0.3 is 26.2 Å². The summed E-state index contributed by atoms with van der Waals surface area (Å²) in [4.78, 5) is 11.1. The largest absolute Gasteiger partial charge is 1.00 e. The van der Waals surface area contributed by atoms with Gasteiger partial charge in [0.15, 0.2) is 0 Å². The molecule has 0 rings (SSSR count). The zero-order chi connectivity index (χ0) is 20.2. The Morgan fingerprint density at radius 3 is 1.61 bits per heavy atom. The van der Waals surface area contributed by atoms with Gasteiger partial charge in [-0.15, -0.1) is 0 Å². The van der Waals surface area contributed by atoms with E-state index in [4.69, 9.17) is 4.74 Å². The normalized spacial score (nSPS) is 12.8. The van der Waals surface area contributed by atoms with Gasteiger partial charge in [-0.1, -0.05) is 90.6 Å². The quantitative estimate of drug-likeness (QED) is 0.119. The van der Waals surface area contributed by atoms with Gasteiger partial charge in [0.25, 0.3) is 0 Å². The highest BCUT2D eigenvalue weighted by molar-refractivity contribution is 5.81. The van der Waals surface area contributed by atoms with Gasteiger partial charge >= 0.3 is 5.97 Å². The monoisotopic (exact) mass is 461 g/mol. The summed E-state index contributed by atoms with van der Waals surface area (Å²) in [7, 11) is 2.27. The number of hydrogen-bond donors (Lipinski definition) is 0. The van der Waals surface area contributed by atoms with Crippen LogP contribution in [0, 0.1) is 0 Å². The van der Waals surface area contributed by atoms with Crippen LogP contribution in [0.2, 0.25) is 0 Å². The molecule has 0 fully saturated rings. The van der Waals surface area contributed by atoms with E-state index in [2.05, 4.69) is 27.5 Å². The Hall–Kier alpha value is -0.350. The predicted molar refractivity (Wildman–Crippen MR) is 118 cm³/mol. The van der Waals surface area contributed by atoms with Crippen LogP contribution in [-0.2, 0) is 9.53 Å². The summed E-state index contributed by atoms with van der Waals surface area (Å²) in [6.45, 7) is 11.6. The maximum absolute atomic E-state index is 11.1. The molecule has 28 heavy (non-hydrogen) atoms. The Labute approximate surface area is 186 Å². The van der Waals surface area contributed by atoms with E-state index >= 15 is 0 Å². The van der Waals surface area contributed by atoms with Crippen molar-refractivity contribution in [2.75, 3.05) is 33.3 Å². The van der Waals surface area contributed by atoms with Gasteiger partial charge in [0.1, 0.15) is 13.2 Å². The number of quaternary nitrogens is 1. The molecular weight excluding hydrogens is 414 g/mol. The van der Waals surface area contributed by atoms with E-state index in [-0.39, 0.29) is 23.0 Å². The first-order valence-corrected chi connectivity index (χ1v) is 11.7. The molecule has 168 valence electrons. The molecule has 0 aliphatic heterocycles. The summed E-state index contributed by atoms with van der Waals surface area (Å²) in [6.07, 6.45) is 20.8. The molecular formula is C24H48BrNO2. The van der Waals surface area contributed by atoms with Gasteiger partial charge in [0.05, 0.1) is 20.1 Å². The molecule has 0 aromatic rings. The van der Waals surface area contributed by atoms with Crippen molar-refractivity contribution in [3.8, 4) is 0 Å². The fourth-order valence-corrected chi connectivity index (χ4v) is 3.54. The SMILES string of the molecule is C=CC(=O)OCC[N+](C)(CC)CCCCCCCCCCCCCCCC.[Br-]. The van der Waals surface area contributed by atoms with Crippen LogP contribution in [0.25, 0.3) is 0 Å². The lowest BCUT2D eigenvalue weighted by Gasteiger charge is -2.33. The molecule has 1 unspecified atom stereocenters. The average Bonchev–Trinajstić information content (AvgIpc) is 2.68. The molecule has 0 heterocycles. The van der Waals surface area contributed by atoms with Gasteiger partial charge in [0.2, 0.25) is 0 Å². The van der Waals surface area contributed by atoms with Gasteiger partial charge in [-0.2, -0.15) is 0 Å². The summed E-state index contributed by atoms with van der Waals surface area (Å²) in [5.41, 5.74) is 0. The molecule has 1 atom stereocenters. The summed E-state index contributed by atoms with van der Waals surface area (Å²) in [5.74, 6) is -0.311. The number of likely N-dealkylation sites (N-methyl/N-ethyl adjacent to an activating group) is 1. The number of carbonyl (C=O) groups is 1. The van der Waals surface area contributed by atoms with E-state index in [0.717, 1.165) is 17.6 Å². The number of halogens is 1. The number of carbonyl (C=O) groups excluding carboxylic acids is 1. The Balaban J connectivity index is 0. The Bertz CT molecular complexity index is 363. The van der Waals surface area contributed by atoms with Crippen molar-refractivity contribution in [1.29, 1.82) is 0 Å². The third kappa shape index (κ3) is 19.0. The zero-order valence-corrected chi connectivity index (χ0v) is 20.7. The molecule has 0 aliphatic rings. The number of ether oxygens (including phenoxy) is 1. The van der Waals surface area contributed by atoms with Gasteiger partial charge in [-0.05, 0) is 19.8 Å². The average molecular weight is 463 g/mol. The number of rotatable bonds is 20. The lowest BCUT2D eigenvalue weighted by atomic mass is 10.0. The van der Waals surface area contributed by atoms with Crippen molar-refractivity contribution in [3.05, 3.63) is 12.7 Å². The molecule has 0 N–H and O–H groups in total. The van der Waals surface area contributed by atoms with Crippen molar-refractivity contribution < 1.29 is 31.0 Å². The lowest BCUT2D eigenvalue weighted by molar-refractivity contribution is -0.908. The minimum absolute atomic E-state index is 0. The Morgan fingerprint density at radius 1 is 0.786 bits per heavy atom. The van der Waals surface area contributed by atoms with Crippen LogP contribution >= 0.6 is 0 Å². The highest BCUT2D eigenvalue weighted by Gasteiger charge is 2.18. The zero-order valence-electron chi connectivity index (χ0n) is 19.2. The van der Waals surface area contributed by atoms with Crippen LogP contribution in [0.5, 0.6) is 0 Å². The molecule has 3 nitrogen and oxygen atoms in total. The highest BCUT2D eigenvalue weighted by atomic mass is 79.9. The third-order valence-electron chi connectivity index (χ3n) is 5.86. The van der Waals surface area contributed by atoms with Crippen LogP contribution in [0.15, 0.2) is 12.7 Å². The number of hydrogen-bond acceptors (Lipinski definition) is 2. The van der Waals surface area contributed by atoms with E-state index in [1.165, 1.54) is 103 Å². The molecule has 0 saturated carbocycles. The van der Waals surface area contributed by atoms with Gasteiger partial charge in [-0.3, -0.25) is 0 Å². The van der Waals surface area contributed by atoms with E-state index in [1.807, 2.05) is 0 Å². The van der Waals surface area contributed by atoms with Gasteiger partial charge in [-0.25, -0.2) is 4.79 Å². The molecule has 0 aromatic heterocycles. The molecule has 0 aromatic carbocycles. The van der Waals surface area contributed by atoms with Crippen LogP contribution in [0.1, 0.15) is 104 Å². The van der Waals surface area contributed by atoms with Crippen LogP contribution in [0.3, 0.4) is 0 Å². The first-order valence-electron chi connectivity index (χ1n) is 11.7. The molecule has 0 bridgehead atoms. The minimum atomic E-state index is -0.311. The Morgan fingerprint density at radius 2 is 1.21 bits per heavy atom. The second-order valence-corrected chi connectivity index (χ2v) is 8.35. The number of nitrogens with zero attached hydrogens (tertiary/aromatic N) is 1. The van der Waals surface area contributed by atoms with Crippen molar-refractivity contribution in [2.24, 2.45) is 0 Å². The fourth-order valence-electron chi connectivity index (χ4n) is 3.54. The van der Waals surface area contributed by atoms with E-state index in [0.29, 0.717) is 6.61 Å². The Kier molecular flexibility index (Phi) is 22.8. The van der Waals surface area contributed by atoms with Crippen LogP contribution in [0.4, 0.5) is 0 Å². The topological polar surface area (TPSA) is 26.3 Å². The maximum atomic E-state index is 11.1. The predicted octanol–water partition coefficient (Wildman–Crippen LogP) is 3.67. The molecule has 4 heteroatoms. The third-order valence-corrected chi connectivity index (χ3v) is 5.86. The summed E-state index contributed by atoms with van der Waals surface area (Å²) < 4.78 is 6.13. The lowest BCUT2D eigenvalue weighted by Crippen LogP contribution is -3.00. The van der Waals surface area contributed by atoms with Crippen LogP contribution < -0.4 is 17.0 Å². The van der Waals surface area contributed by atoms with E-state index in [1.54, 1.807) is 0 Å². The van der Waals surface area contributed by atoms with Crippen molar-refractivity contribution in [1.82, 2.24) is 0 Å².